The van der Waals surface area contributed by atoms with Gasteiger partial charge in [0.15, 0.2) is 0 Å². The van der Waals surface area contributed by atoms with Crippen molar-refractivity contribution < 1.29 is 19.4 Å². The Morgan fingerprint density at radius 3 is 2.31 bits per heavy atom. The van der Waals surface area contributed by atoms with Gasteiger partial charge >= 0.3 is 12.1 Å². The van der Waals surface area contributed by atoms with Crippen LogP contribution >= 0.6 is 0 Å². The van der Waals surface area contributed by atoms with Crippen LogP contribution < -0.4 is 5.32 Å². The molecule has 5 nitrogen and oxygen atoms in total. The molecule has 0 bridgehead atoms. The molecule has 5 heteroatoms. The fourth-order valence-electron chi connectivity index (χ4n) is 3.89. The van der Waals surface area contributed by atoms with Gasteiger partial charge in [-0.25, -0.2) is 9.59 Å². The number of ether oxygens (including phenoxy) is 1. The lowest BCUT2D eigenvalue weighted by molar-refractivity contribution is -0.139. The van der Waals surface area contributed by atoms with Crippen LogP contribution in [-0.2, 0) is 16.0 Å². The smallest absolute Gasteiger partial charge is 0.407 e. The quantitative estimate of drug-likeness (QED) is 0.340. The topological polar surface area (TPSA) is 75.6 Å². The third-order valence-electron chi connectivity index (χ3n) is 5.36. The molecule has 0 aliphatic carbocycles. The van der Waals surface area contributed by atoms with E-state index in [1.807, 2.05) is 31.2 Å². The number of amides is 1. The number of carboxylic acids is 1. The first-order chi connectivity index (χ1) is 14.1. The summed E-state index contributed by atoms with van der Waals surface area (Å²) in [5.41, 5.74) is 0.886. The molecule has 1 amide bonds. The van der Waals surface area contributed by atoms with Crippen LogP contribution in [0.3, 0.4) is 0 Å². The Morgan fingerprint density at radius 1 is 0.966 bits per heavy atom. The Hall–Kier alpha value is -3.34. The van der Waals surface area contributed by atoms with Crippen molar-refractivity contribution in [3.05, 3.63) is 60.2 Å². The fourth-order valence-corrected chi connectivity index (χ4v) is 3.89. The number of rotatable bonds is 7. The molecule has 0 saturated heterocycles. The predicted molar refractivity (Wildman–Crippen MR) is 115 cm³/mol. The number of unbranched alkanes of at least 4 members (excludes halogenated alkanes) is 1. The van der Waals surface area contributed by atoms with E-state index in [0.717, 1.165) is 45.3 Å². The second kappa shape index (κ2) is 7.95. The van der Waals surface area contributed by atoms with Crippen molar-refractivity contribution in [3.63, 3.8) is 0 Å². The minimum atomic E-state index is -1.08. The first kappa shape index (κ1) is 19.0. The largest absolute Gasteiger partial charge is 0.480 e. The van der Waals surface area contributed by atoms with E-state index in [-0.39, 0.29) is 13.0 Å². The second-order valence-electron chi connectivity index (χ2n) is 7.31. The van der Waals surface area contributed by atoms with E-state index in [0.29, 0.717) is 0 Å². The molecule has 0 saturated carbocycles. The predicted octanol–water partition coefficient (Wildman–Crippen LogP) is 5.11. The molecular formula is C24H23NO4. The van der Waals surface area contributed by atoms with Crippen LogP contribution in [-0.4, -0.2) is 29.8 Å². The highest BCUT2D eigenvalue weighted by molar-refractivity contribution is 6.23. The van der Waals surface area contributed by atoms with E-state index in [1.165, 1.54) is 5.39 Å². The summed E-state index contributed by atoms with van der Waals surface area (Å²) < 4.78 is 5.07. The molecule has 0 fully saturated rings. The summed E-state index contributed by atoms with van der Waals surface area (Å²) in [6.07, 6.45) is 1.15. The average Bonchev–Trinajstić information content (AvgIpc) is 2.72. The SMILES string of the molecule is CCCCOC(=O)N[C@H](Cc1ccc2ccc3cccc4ccc1c2c34)C(=O)O. The fraction of sp³-hybridized carbons (Fsp3) is 0.250. The molecule has 0 radical (unpaired) electrons. The summed E-state index contributed by atoms with van der Waals surface area (Å²) in [6.45, 7) is 2.28. The molecule has 4 aromatic carbocycles. The maximum Gasteiger partial charge on any atom is 0.407 e. The van der Waals surface area contributed by atoms with Crippen molar-refractivity contribution in [2.24, 2.45) is 0 Å². The Kier molecular flexibility index (Phi) is 5.21. The minimum Gasteiger partial charge on any atom is -0.480 e. The zero-order valence-corrected chi connectivity index (χ0v) is 16.3. The maximum absolute atomic E-state index is 12.0. The van der Waals surface area contributed by atoms with Crippen LogP contribution in [0.2, 0.25) is 0 Å². The van der Waals surface area contributed by atoms with Gasteiger partial charge in [0.05, 0.1) is 6.61 Å². The van der Waals surface area contributed by atoms with Gasteiger partial charge in [0, 0.05) is 6.42 Å². The number of alkyl carbamates (subject to hydrolysis) is 1. The van der Waals surface area contributed by atoms with Gasteiger partial charge in [0.1, 0.15) is 6.04 Å². The van der Waals surface area contributed by atoms with Crippen molar-refractivity contribution in [3.8, 4) is 0 Å². The van der Waals surface area contributed by atoms with Crippen molar-refractivity contribution in [1.82, 2.24) is 5.32 Å². The summed E-state index contributed by atoms with van der Waals surface area (Å²) in [4.78, 5) is 23.7. The van der Waals surface area contributed by atoms with E-state index in [9.17, 15) is 14.7 Å². The molecule has 2 N–H and O–H groups in total. The van der Waals surface area contributed by atoms with E-state index in [4.69, 9.17) is 4.74 Å². The van der Waals surface area contributed by atoms with Crippen LogP contribution in [0.5, 0.6) is 0 Å². The second-order valence-corrected chi connectivity index (χ2v) is 7.31. The van der Waals surface area contributed by atoms with Crippen LogP contribution in [0, 0.1) is 0 Å². The number of carboxylic acid groups (broad SMARTS) is 1. The summed E-state index contributed by atoms with van der Waals surface area (Å²) in [5.74, 6) is -1.08. The van der Waals surface area contributed by atoms with Crippen LogP contribution in [0.1, 0.15) is 25.3 Å². The molecule has 4 rings (SSSR count). The number of nitrogens with one attached hydrogen (secondary N) is 1. The summed E-state index contributed by atoms with van der Waals surface area (Å²) in [7, 11) is 0. The van der Waals surface area contributed by atoms with Crippen LogP contribution in [0.15, 0.2) is 54.6 Å². The average molecular weight is 389 g/mol. The van der Waals surface area contributed by atoms with Gasteiger partial charge in [0.2, 0.25) is 0 Å². The molecule has 148 valence electrons. The highest BCUT2D eigenvalue weighted by Crippen LogP contribution is 2.36. The summed E-state index contributed by atoms with van der Waals surface area (Å²) >= 11 is 0. The zero-order chi connectivity index (χ0) is 20.4. The molecule has 0 aliphatic rings. The number of aliphatic carboxylic acids is 1. The molecule has 29 heavy (non-hydrogen) atoms. The number of carbonyl (C=O) groups is 2. The summed E-state index contributed by atoms with van der Waals surface area (Å²) in [6, 6.07) is 17.4. The highest BCUT2D eigenvalue weighted by Gasteiger charge is 2.22. The van der Waals surface area contributed by atoms with E-state index in [1.54, 1.807) is 0 Å². The number of hydrogen-bond donors (Lipinski definition) is 2. The summed E-state index contributed by atoms with van der Waals surface area (Å²) in [5, 5.41) is 18.9. The Labute approximate surface area is 168 Å². The van der Waals surface area contributed by atoms with Gasteiger partial charge < -0.3 is 15.2 Å². The molecule has 4 aromatic rings. The first-order valence-electron chi connectivity index (χ1n) is 9.90. The molecule has 0 unspecified atom stereocenters. The van der Waals surface area contributed by atoms with Crippen molar-refractivity contribution in [2.45, 2.75) is 32.2 Å². The van der Waals surface area contributed by atoms with Crippen molar-refractivity contribution in [2.75, 3.05) is 6.61 Å². The number of carbonyl (C=O) groups excluding carboxylic acids is 1. The van der Waals surface area contributed by atoms with E-state index in [2.05, 4.69) is 35.6 Å². The normalized spacial score (nSPS) is 12.4. The van der Waals surface area contributed by atoms with Gasteiger partial charge in [-0.2, -0.15) is 0 Å². The Bertz CT molecular complexity index is 1170. The molecule has 1 atom stereocenters. The number of hydrogen-bond acceptors (Lipinski definition) is 3. The Balaban J connectivity index is 1.69. The van der Waals surface area contributed by atoms with Gasteiger partial charge in [0.25, 0.3) is 0 Å². The van der Waals surface area contributed by atoms with Crippen LogP contribution in [0.4, 0.5) is 4.79 Å². The minimum absolute atomic E-state index is 0.187. The van der Waals surface area contributed by atoms with Gasteiger partial charge in [-0.3, -0.25) is 0 Å². The molecule has 0 aromatic heterocycles. The standard InChI is InChI=1S/C24H23NO4/c1-2-3-13-29-24(28)25-20(23(26)27)14-18-10-9-17-8-7-15-5-4-6-16-11-12-19(18)22(17)21(15)16/h4-12,20H,2-3,13-14H2,1H3,(H,25,28)(H,26,27)/t20-/m1/s1. The molecular weight excluding hydrogens is 366 g/mol. The van der Waals surface area contributed by atoms with E-state index < -0.39 is 18.1 Å². The number of benzene rings is 4. The lowest BCUT2D eigenvalue weighted by Crippen LogP contribution is -2.42. The van der Waals surface area contributed by atoms with Crippen LogP contribution in [0.25, 0.3) is 32.3 Å². The van der Waals surface area contributed by atoms with E-state index >= 15 is 0 Å². The Morgan fingerprint density at radius 2 is 1.62 bits per heavy atom. The highest BCUT2D eigenvalue weighted by atomic mass is 16.5. The van der Waals surface area contributed by atoms with Crippen molar-refractivity contribution >= 4 is 44.4 Å². The first-order valence-corrected chi connectivity index (χ1v) is 9.90. The lowest BCUT2D eigenvalue weighted by Gasteiger charge is -2.18. The maximum atomic E-state index is 12.0. The molecule has 0 heterocycles. The van der Waals surface area contributed by atoms with Crippen molar-refractivity contribution in [1.29, 1.82) is 0 Å². The van der Waals surface area contributed by atoms with Gasteiger partial charge in [-0.15, -0.1) is 0 Å². The van der Waals surface area contributed by atoms with Gasteiger partial charge in [-0.05, 0) is 44.3 Å². The zero-order valence-electron chi connectivity index (χ0n) is 16.3. The third-order valence-corrected chi connectivity index (χ3v) is 5.36. The molecule has 0 aliphatic heterocycles. The lowest BCUT2D eigenvalue weighted by atomic mass is 9.90. The third kappa shape index (κ3) is 3.68. The molecule has 0 spiro atoms. The van der Waals surface area contributed by atoms with Gasteiger partial charge in [-0.1, -0.05) is 67.9 Å². The monoisotopic (exact) mass is 389 g/mol.